The third kappa shape index (κ3) is 7.11. The van der Waals surface area contributed by atoms with Crippen molar-refractivity contribution in [2.75, 3.05) is 13.2 Å². The Labute approximate surface area is 226 Å². The minimum absolute atomic E-state index is 0.0129. The van der Waals surface area contributed by atoms with Gasteiger partial charge in [-0.25, -0.2) is 4.79 Å². The first kappa shape index (κ1) is 28.7. The van der Waals surface area contributed by atoms with Crippen LogP contribution in [0.15, 0.2) is 59.7 Å². The van der Waals surface area contributed by atoms with Gasteiger partial charge in [0.2, 0.25) is 0 Å². The monoisotopic (exact) mass is 539 g/mol. The number of phenolic OH excluding ortho intramolecular Hbond substituents is 1. The Hall–Kier alpha value is -3.89. The summed E-state index contributed by atoms with van der Waals surface area (Å²) in [5.74, 6) is 6.40. The maximum absolute atomic E-state index is 11.6. The van der Waals surface area contributed by atoms with E-state index in [-0.39, 0.29) is 17.1 Å². The lowest BCUT2D eigenvalue weighted by Gasteiger charge is -2.17. The minimum atomic E-state index is -1.05. The van der Waals surface area contributed by atoms with Crippen LogP contribution in [-0.2, 0) is 12.8 Å². The molecule has 10 heteroatoms. The van der Waals surface area contributed by atoms with Gasteiger partial charge in [-0.1, -0.05) is 38.5 Å². The van der Waals surface area contributed by atoms with Crippen molar-refractivity contribution in [1.82, 2.24) is 0 Å². The lowest BCUT2D eigenvalue weighted by molar-refractivity contribution is 0.0694. The number of hydrogen-bond donors (Lipinski definition) is 4. The van der Waals surface area contributed by atoms with E-state index < -0.39 is 5.97 Å². The molecule has 0 aliphatic carbocycles. The Balaban J connectivity index is 1.66. The molecule has 3 aromatic rings. The summed E-state index contributed by atoms with van der Waals surface area (Å²) in [7, 11) is 0. The summed E-state index contributed by atoms with van der Waals surface area (Å²) in [6.45, 7) is 4.81. The summed E-state index contributed by atoms with van der Waals surface area (Å²) in [4.78, 5) is 11.6. The van der Waals surface area contributed by atoms with E-state index in [1.807, 2.05) is 25.1 Å². The molecule has 9 nitrogen and oxygen atoms in total. The highest BCUT2D eigenvalue weighted by atomic mass is 32.2. The van der Waals surface area contributed by atoms with E-state index >= 15 is 0 Å². The first-order valence-corrected chi connectivity index (χ1v) is 13.2. The van der Waals surface area contributed by atoms with E-state index in [2.05, 4.69) is 12.0 Å². The molecular formula is C28H33N3O6S. The number of ether oxygens (including phenoxy) is 3. The fourth-order valence-corrected chi connectivity index (χ4v) is 4.26. The van der Waals surface area contributed by atoms with Crippen molar-refractivity contribution in [2.45, 2.75) is 39.5 Å². The van der Waals surface area contributed by atoms with Crippen molar-refractivity contribution in [1.29, 1.82) is 0 Å². The number of hydrogen-bond acceptors (Lipinski definition) is 9. The van der Waals surface area contributed by atoms with Gasteiger partial charge in [-0.15, -0.1) is 0 Å². The third-order valence-electron chi connectivity index (χ3n) is 5.75. The van der Waals surface area contributed by atoms with E-state index in [4.69, 9.17) is 25.2 Å². The van der Waals surface area contributed by atoms with Gasteiger partial charge < -0.3 is 30.3 Å². The Bertz CT molecular complexity index is 1280. The van der Waals surface area contributed by atoms with Crippen LogP contribution >= 0.6 is 11.9 Å². The van der Waals surface area contributed by atoms with Gasteiger partial charge in [0, 0.05) is 18.1 Å². The Morgan fingerprint density at radius 1 is 0.947 bits per heavy atom. The number of hydrazone groups is 1. The molecule has 0 aliphatic rings. The van der Waals surface area contributed by atoms with Crippen LogP contribution in [0.4, 0.5) is 0 Å². The van der Waals surface area contributed by atoms with Crippen LogP contribution in [-0.4, -0.2) is 34.4 Å². The number of para-hydroxylation sites is 1. The second-order valence-corrected chi connectivity index (χ2v) is 8.94. The molecule has 38 heavy (non-hydrogen) atoms. The molecule has 0 fully saturated rings. The first-order chi connectivity index (χ1) is 18.4. The highest BCUT2D eigenvalue weighted by Gasteiger charge is 2.16. The predicted octanol–water partition coefficient (Wildman–Crippen LogP) is 5.47. The summed E-state index contributed by atoms with van der Waals surface area (Å²) in [5.41, 5.74) is 2.33. The van der Waals surface area contributed by atoms with Gasteiger partial charge >= 0.3 is 5.97 Å². The zero-order chi connectivity index (χ0) is 27.5. The number of aromatic carboxylic acids is 1. The maximum atomic E-state index is 11.6. The zero-order valence-corrected chi connectivity index (χ0v) is 22.3. The van der Waals surface area contributed by atoms with E-state index in [9.17, 15) is 15.0 Å². The van der Waals surface area contributed by atoms with Crippen LogP contribution in [0.5, 0.6) is 28.7 Å². The molecule has 0 radical (unpaired) electrons. The van der Waals surface area contributed by atoms with Gasteiger partial charge in [-0.2, -0.15) is 5.10 Å². The summed E-state index contributed by atoms with van der Waals surface area (Å²) in [6.07, 6.45) is 2.85. The molecule has 3 aromatic carbocycles. The van der Waals surface area contributed by atoms with Gasteiger partial charge in [-0.3, -0.25) is 5.14 Å². The summed E-state index contributed by atoms with van der Waals surface area (Å²) in [5, 5.41) is 29.4. The summed E-state index contributed by atoms with van der Waals surface area (Å²) >= 11 is 0.865. The predicted molar refractivity (Wildman–Crippen MR) is 150 cm³/mol. The molecule has 0 spiro atoms. The Morgan fingerprint density at radius 3 is 2.29 bits per heavy atom. The van der Waals surface area contributed by atoms with Crippen LogP contribution in [0, 0.1) is 0 Å². The minimum Gasteiger partial charge on any atom is -0.507 e. The van der Waals surface area contributed by atoms with E-state index in [0.29, 0.717) is 60.3 Å². The van der Waals surface area contributed by atoms with Crippen molar-refractivity contribution < 1.29 is 29.2 Å². The third-order valence-corrected chi connectivity index (χ3v) is 6.30. The lowest BCUT2D eigenvalue weighted by Crippen LogP contribution is -2.09. The average Bonchev–Trinajstić information content (AvgIpc) is 2.92. The van der Waals surface area contributed by atoms with Crippen LogP contribution in [0.25, 0.3) is 0 Å². The number of rotatable bonds is 13. The standard InChI is InChI=1S/C28H33N3O6S/c1-3-9-19-23(12-7-13-24(19)37-25-11-6-5-10-20(25)28(33)34)35-14-8-15-36-26-17-22(32)21(16-18(26)4-2)27(31-29)38-30/h5-7,10-13,16-17,32H,3-4,8-9,14-15,29-30H2,1-2H3,(H,33,34)/b31-27-. The van der Waals surface area contributed by atoms with Gasteiger partial charge in [0.05, 0.1) is 18.8 Å². The SMILES string of the molecule is CCCc1c(OCCCOc2cc(O)c(/C(=N/N)SN)cc2CC)cccc1Oc1ccccc1C(=O)O. The molecule has 0 aliphatic heterocycles. The maximum Gasteiger partial charge on any atom is 0.339 e. The number of benzene rings is 3. The Morgan fingerprint density at radius 2 is 1.63 bits per heavy atom. The highest BCUT2D eigenvalue weighted by molar-refractivity contribution is 8.12. The molecule has 202 valence electrons. The largest absolute Gasteiger partial charge is 0.507 e. The number of nitrogens with two attached hydrogens (primary N) is 2. The molecule has 6 N–H and O–H groups in total. The van der Waals surface area contributed by atoms with Crippen LogP contribution < -0.4 is 25.2 Å². The molecule has 0 saturated heterocycles. The van der Waals surface area contributed by atoms with Gasteiger partial charge in [0.15, 0.2) is 0 Å². The quantitative estimate of drug-likeness (QED) is 0.0553. The number of aromatic hydroxyl groups is 1. The van der Waals surface area contributed by atoms with E-state index in [1.165, 1.54) is 6.07 Å². The van der Waals surface area contributed by atoms with E-state index in [0.717, 1.165) is 29.5 Å². The Kier molecular flexibility index (Phi) is 10.7. The first-order valence-electron chi connectivity index (χ1n) is 12.3. The topological polar surface area (TPSA) is 150 Å². The van der Waals surface area contributed by atoms with Crippen molar-refractivity contribution in [3.8, 4) is 28.7 Å². The molecule has 0 amide bonds. The number of carbonyl (C=O) groups is 1. The van der Waals surface area contributed by atoms with Crippen LogP contribution in [0.1, 0.15) is 53.7 Å². The van der Waals surface area contributed by atoms with Gasteiger partial charge in [0.1, 0.15) is 39.4 Å². The number of phenols is 1. The average molecular weight is 540 g/mol. The van der Waals surface area contributed by atoms with Gasteiger partial charge in [-0.05, 0) is 60.7 Å². The van der Waals surface area contributed by atoms with Crippen molar-refractivity contribution in [3.05, 3.63) is 76.9 Å². The number of nitrogens with zero attached hydrogens (tertiary/aromatic N) is 1. The smallest absolute Gasteiger partial charge is 0.339 e. The molecule has 0 heterocycles. The highest BCUT2D eigenvalue weighted by Crippen LogP contribution is 2.35. The molecule has 0 atom stereocenters. The molecule has 0 saturated carbocycles. The van der Waals surface area contributed by atoms with Crippen LogP contribution in [0.3, 0.4) is 0 Å². The van der Waals surface area contributed by atoms with Crippen LogP contribution in [0.2, 0.25) is 0 Å². The van der Waals surface area contributed by atoms with E-state index in [1.54, 1.807) is 30.3 Å². The second-order valence-electron chi connectivity index (χ2n) is 8.32. The molecule has 3 rings (SSSR count). The number of aryl methyl sites for hydroxylation is 1. The van der Waals surface area contributed by atoms with Gasteiger partial charge in [0.25, 0.3) is 0 Å². The zero-order valence-electron chi connectivity index (χ0n) is 21.5. The fourth-order valence-electron chi connectivity index (χ4n) is 3.91. The van der Waals surface area contributed by atoms with Crippen molar-refractivity contribution >= 4 is 23.0 Å². The molecule has 0 bridgehead atoms. The number of carboxylic acids is 1. The fraction of sp³-hybridized carbons (Fsp3) is 0.286. The summed E-state index contributed by atoms with van der Waals surface area (Å²) in [6, 6.07) is 15.4. The van der Waals surface area contributed by atoms with Crippen molar-refractivity contribution in [2.24, 2.45) is 16.1 Å². The van der Waals surface area contributed by atoms with Crippen molar-refractivity contribution in [3.63, 3.8) is 0 Å². The summed E-state index contributed by atoms with van der Waals surface area (Å²) < 4.78 is 18.0. The molecular weight excluding hydrogens is 506 g/mol. The second kappa shape index (κ2) is 14.2. The lowest BCUT2D eigenvalue weighted by atomic mass is 10.1. The number of carboxylic acid groups (broad SMARTS) is 1. The molecule has 0 aromatic heterocycles. The normalized spacial score (nSPS) is 11.3. The molecule has 0 unspecified atom stereocenters.